The quantitative estimate of drug-likeness (QED) is 0.803. The van der Waals surface area contributed by atoms with Crippen molar-refractivity contribution in [1.82, 2.24) is 4.98 Å². The number of ether oxygens (including phenoxy) is 1. The Balaban J connectivity index is 1.92. The normalized spacial score (nSPS) is 23.8. The van der Waals surface area contributed by atoms with E-state index in [0.29, 0.717) is 12.5 Å². The fourth-order valence-electron chi connectivity index (χ4n) is 3.37. The molecule has 0 aliphatic heterocycles. The number of aromatic nitrogens is 1. The topological polar surface area (TPSA) is 42.4 Å². The van der Waals surface area contributed by atoms with Crippen LogP contribution < -0.4 is 4.74 Å². The maximum absolute atomic E-state index is 10.6. The summed E-state index contributed by atoms with van der Waals surface area (Å²) < 4.78 is 5.61. The molecule has 0 amide bonds. The van der Waals surface area contributed by atoms with E-state index >= 15 is 0 Å². The number of nitrogens with zero attached hydrogens (tertiary/aromatic N) is 1. The molecule has 21 heavy (non-hydrogen) atoms. The van der Waals surface area contributed by atoms with Crippen molar-refractivity contribution in [1.29, 1.82) is 0 Å². The summed E-state index contributed by atoms with van der Waals surface area (Å²) in [5.74, 6) is 2.02. The average molecular weight is 291 g/mol. The molecule has 1 fully saturated rings. The minimum absolute atomic E-state index is 0.376. The molecule has 1 aromatic heterocycles. The summed E-state index contributed by atoms with van der Waals surface area (Å²) in [5, 5.41) is 10.6. The van der Waals surface area contributed by atoms with Gasteiger partial charge in [0.25, 0.3) is 0 Å². The third kappa shape index (κ3) is 4.70. The Hall–Kier alpha value is -1.09. The molecule has 1 saturated carbocycles. The van der Waals surface area contributed by atoms with Crippen LogP contribution in [0.1, 0.15) is 70.5 Å². The number of hydrogen-bond donors (Lipinski definition) is 1. The van der Waals surface area contributed by atoms with Crippen LogP contribution in [0.2, 0.25) is 0 Å². The lowest BCUT2D eigenvalue weighted by atomic mass is 9.76. The third-order valence-electron chi connectivity index (χ3n) is 4.58. The fourth-order valence-corrected chi connectivity index (χ4v) is 3.37. The van der Waals surface area contributed by atoms with Crippen LogP contribution in [0.15, 0.2) is 18.5 Å². The Morgan fingerprint density at radius 1 is 1.19 bits per heavy atom. The van der Waals surface area contributed by atoms with Gasteiger partial charge in [0.05, 0.1) is 18.9 Å². The van der Waals surface area contributed by atoms with E-state index in [2.05, 4.69) is 18.8 Å². The van der Waals surface area contributed by atoms with Crippen molar-refractivity contribution in [2.45, 2.75) is 64.9 Å². The van der Waals surface area contributed by atoms with Crippen molar-refractivity contribution < 1.29 is 9.84 Å². The predicted molar refractivity (Wildman–Crippen MR) is 85.3 cm³/mol. The van der Waals surface area contributed by atoms with Crippen molar-refractivity contribution in [3.8, 4) is 5.75 Å². The van der Waals surface area contributed by atoms with Gasteiger partial charge in [-0.2, -0.15) is 0 Å². The van der Waals surface area contributed by atoms with E-state index in [1.54, 1.807) is 12.4 Å². The Morgan fingerprint density at radius 2 is 1.95 bits per heavy atom. The zero-order valence-electron chi connectivity index (χ0n) is 13.4. The summed E-state index contributed by atoms with van der Waals surface area (Å²) in [6.45, 7) is 5.04. The Kier molecular flexibility index (Phi) is 6.50. The van der Waals surface area contributed by atoms with Crippen LogP contribution in [0.5, 0.6) is 5.75 Å². The number of hydrogen-bond acceptors (Lipinski definition) is 3. The predicted octanol–water partition coefficient (Wildman–Crippen LogP) is 4.51. The molecule has 3 heteroatoms. The zero-order chi connectivity index (χ0) is 15.1. The second-order valence-corrected chi connectivity index (χ2v) is 6.32. The molecule has 3 nitrogen and oxygen atoms in total. The van der Waals surface area contributed by atoms with E-state index in [-0.39, 0.29) is 0 Å². The van der Waals surface area contributed by atoms with Gasteiger partial charge >= 0.3 is 0 Å². The molecule has 0 radical (unpaired) electrons. The first-order valence-corrected chi connectivity index (χ1v) is 8.50. The second kappa shape index (κ2) is 8.38. The second-order valence-electron chi connectivity index (χ2n) is 6.32. The van der Waals surface area contributed by atoms with Crippen LogP contribution in [0.3, 0.4) is 0 Å². The van der Waals surface area contributed by atoms with E-state index in [1.807, 2.05) is 6.07 Å². The molecule has 1 heterocycles. The minimum Gasteiger partial charge on any atom is -0.492 e. The van der Waals surface area contributed by atoms with Crippen molar-refractivity contribution in [3.05, 3.63) is 24.0 Å². The highest BCUT2D eigenvalue weighted by Crippen LogP contribution is 2.38. The first-order chi connectivity index (χ1) is 10.2. The Bertz CT molecular complexity index is 413. The van der Waals surface area contributed by atoms with Crippen LogP contribution in [-0.2, 0) is 0 Å². The summed E-state index contributed by atoms with van der Waals surface area (Å²) in [7, 11) is 0. The van der Waals surface area contributed by atoms with Gasteiger partial charge in [-0.15, -0.1) is 0 Å². The maximum atomic E-state index is 10.6. The fraction of sp³-hybridized carbons (Fsp3) is 0.722. The summed E-state index contributed by atoms with van der Waals surface area (Å²) in [4.78, 5) is 4.21. The van der Waals surface area contributed by atoms with Gasteiger partial charge in [0, 0.05) is 11.8 Å². The van der Waals surface area contributed by atoms with Crippen LogP contribution in [0, 0.1) is 11.8 Å². The van der Waals surface area contributed by atoms with Crippen molar-refractivity contribution in [2.24, 2.45) is 11.8 Å². The molecule has 1 aliphatic rings. The maximum Gasteiger partial charge on any atom is 0.137 e. The average Bonchev–Trinajstić information content (AvgIpc) is 2.53. The first-order valence-electron chi connectivity index (χ1n) is 8.50. The van der Waals surface area contributed by atoms with E-state index in [1.165, 1.54) is 25.7 Å². The molecular weight excluding hydrogens is 262 g/mol. The molecule has 1 atom stereocenters. The molecule has 0 aromatic carbocycles. The van der Waals surface area contributed by atoms with Gasteiger partial charge in [-0.3, -0.25) is 4.98 Å². The third-order valence-corrected chi connectivity index (χ3v) is 4.58. The van der Waals surface area contributed by atoms with Crippen LogP contribution in [0.4, 0.5) is 0 Å². The smallest absolute Gasteiger partial charge is 0.137 e. The van der Waals surface area contributed by atoms with E-state index in [4.69, 9.17) is 4.74 Å². The lowest BCUT2D eigenvalue weighted by molar-refractivity contribution is 0.0717. The zero-order valence-corrected chi connectivity index (χ0v) is 13.4. The van der Waals surface area contributed by atoms with Gasteiger partial charge in [0.1, 0.15) is 5.75 Å². The molecule has 1 aliphatic carbocycles. The number of aliphatic hydroxyl groups is 1. The van der Waals surface area contributed by atoms with Crippen LogP contribution >= 0.6 is 0 Å². The standard InChI is InChI=1S/C18H29NO2/c1-3-5-14-6-8-15(9-7-14)18(20)16-11-17(13-19-12-16)21-10-4-2/h11-15,18,20H,3-10H2,1-2H3. The molecule has 0 bridgehead atoms. The summed E-state index contributed by atoms with van der Waals surface area (Å²) in [6.07, 6.45) is 11.5. The van der Waals surface area contributed by atoms with E-state index in [0.717, 1.165) is 36.5 Å². The molecule has 2 rings (SSSR count). The Labute approximate surface area is 128 Å². The van der Waals surface area contributed by atoms with Gasteiger partial charge in [-0.25, -0.2) is 0 Å². The highest BCUT2D eigenvalue weighted by molar-refractivity contribution is 5.25. The van der Waals surface area contributed by atoms with Gasteiger partial charge in [0.2, 0.25) is 0 Å². The van der Waals surface area contributed by atoms with Gasteiger partial charge < -0.3 is 9.84 Å². The Morgan fingerprint density at radius 3 is 2.62 bits per heavy atom. The molecule has 0 saturated heterocycles. The largest absolute Gasteiger partial charge is 0.492 e. The highest BCUT2D eigenvalue weighted by Gasteiger charge is 2.27. The first kappa shape index (κ1) is 16.3. The summed E-state index contributed by atoms with van der Waals surface area (Å²) in [6, 6.07) is 1.95. The SMILES string of the molecule is CCCOc1cncc(C(O)C2CCC(CCC)CC2)c1. The molecule has 1 N–H and O–H groups in total. The number of rotatable bonds is 7. The molecule has 118 valence electrons. The monoisotopic (exact) mass is 291 g/mol. The van der Waals surface area contributed by atoms with E-state index < -0.39 is 6.10 Å². The van der Waals surface area contributed by atoms with Crippen LogP contribution in [-0.4, -0.2) is 16.7 Å². The molecule has 1 unspecified atom stereocenters. The van der Waals surface area contributed by atoms with Crippen molar-refractivity contribution in [3.63, 3.8) is 0 Å². The lowest BCUT2D eigenvalue weighted by Gasteiger charge is -2.31. The van der Waals surface area contributed by atoms with Crippen LogP contribution in [0.25, 0.3) is 0 Å². The molecular formula is C18H29NO2. The lowest BCUT2D eigenvalue weighted by Crippen LogP contribution is -2.20. The van der Waals surface area contributed by atoms with Gasteiger partial charge in [-0.05, 0) is 37.2 Å². The minimum atomic E-state index is -0.398. The molecule has 1 aromatic rings. The highest BCUT2D eigenvalue weighted by atomic mass is 16.5. The summed E-state index contributed by atoms with van der Waals surface area (Å²) >= 11 is 0. The van der Waals surface area contributed by atoms with Gasteiger partial charge in [0.15, 0.2) is 0 Å². The number of aliphatic hydroxyl groups excluding tert-OH is 1. The van der Waals surface area contributed by atoms with Crippen molar-refractivity contribution in [2.75, 3.05) is 6.61 Å². The van der Waals surface area contributed by atoms with Crippen molar-refractivity contribution >= 4 is 0 Å². The molecule has 0 spiro atoms. The van der Waals surface area contributed by atoms with E-state index in [9.17, 15) is 5.11 Å². The summed E-state index contributed by atoms with van der Waals surface area (Å²) in [5.41, 5.74) is 0.905. The van der Waals surface area contributed by atoms with Gasteiger partial charge in [-0.1, -0.05) is 39.5 Å². The number of pyridine rings is 1.